The first-order valence-corrected chi connectivity index (χ1v) is 8.35. The first kappa shape index (κ1) is 16.0. The Hall–Kier alpha value is -3.46. The molecular weight excluding hydrogens is 328 g/mol. The van der Waals surface area contributed by atoms with Crippen molar-refractivity contribution >= 4 is 11.6 Å². The van der Waals surface area contributed by atoms with Crippen molar-refractivity contribution in [3.05, 3.63) is 65.5 Å². The molecule has 0 saturated carbocycles. The van der Waals surface area contributed by atoms with Crippen molar-refractivity contribution in [3.8, 4) is 17.5 Å². The van der Waals surface area contributed by atoms with Crippen LogP contribution in [-0.4, -0.2) is 22.6 Å². The van der Waals surface area contributed by atoms with Crippen LogP contribution in [0.15, 0.2) is 53.1 Å². The minimum Gasteiger partial charge on any atom is -0.334 e. The van der Waals surface area contributed by atoms with E-state index in [-0.39, 0.29) is 11.8 Å². The van der Waals surface area contributed by atoms with Crippen LogP contribution in [-0.2, 0) is 4.79 Å². The van der Waals surface area contributed by atoms with E-state index in [0.717, 1.165) is 11.3 Å². The fraction of sp³-hybridized carbons (Fsp3) is 0.200. The van der Waals surface area contributed by atoms with Gasteiger partial charge in [-0.05, 0) is 37.3 Å². The molecule has 2 aromatic carbocycles. The zero-order chi connectivity index (χ0) is 18.1. The molecule has 6 nitrogen and oxygen atoms in total. The number of benzene rings is 2. The average molecular weight is 344 g/mol. The molecule has 1 atom stereocenters. The number of hydrogen-bond donors (Lipinski definition) is 0. The molecule has 4 rings (SSSR count). The van der Waals surface area contributed by atoms with E-state index in [4.69, 9.17) is 9.78 Å². The summed E-state index contributed by atoms with van der Waals surface area (Å²) in [5.41, 5.74) is 3.26. The number of nitrogens with zero attached hydrogens (tertiary/aromatic N) is 4. The van der Waals surface area contributed by atoms with Crippen LogP contribution >= 0.6 is 0 Å². The van der Waals surface area contributed by atoms with Gasteiger partial charge in [-0.15, -0.1) is 0 Å². The number of carbonyl (C=O) groups excluding carboxylic acids is 1. The summed E-state index contributed by atoms with van der Waals surface area (Å²) in [5.74, 6) is 0.820. The number of hydrogen-bond acceptors (Lipinski definition) is 5. The number of carbonyl (C=O) groups is 1. The molecule has 26 heavy (non-hydrogen) atoms. The molecule has 0 bridgehead atoms. The van der Waals surface area contributed by atoms with Gasteiger partial charge in [-0.1, -0.05) is 28.9 Å². The quantitative estimate of drug-likeness (QED) is 0.727. The molecule has 1 aromatic heterocycles. The van der Waals surface area contributed by atoms with Gasteiger partial charge in [0.25, 0.3) is 5.89 Å². The van der Waals surface area contributed by atoms with Gasteiger partial charge in [-0.3, -0.25) is 4.79 Å². The second kappa shape index (κ2) is 6.45. The summed E-state index contributed by atoms with van der Waals surface area (Å²) in [6.45, 7) is 2.54. The van der Waals surface area contributed by atoms with Crippen LogP contribution in [0.1, 0.15) is 29.3 Å². The Morgan fingerprint density at radius 2 is 2.04 bits per heavy atom. The van der Waals surface area contributed by atoms with Crippen molar-refractivity contribution in [2.24, 2.45) is 0 Å². The van der Waals surface area contributed by atoms with Crippen LogP contribution in [0.2, 0.25) is 0 Å². The highest BCUT2D eigenvalue weighted by Gasteiger charge is 2.34. The summed E-state index contributed by atoms with van der Waals surface area (Å²) in [6, 6.07) is 17.0. The topological polar surface area (TPSA) is 83.0 Å². The average Bonchev–Trinajstić information content (AvgIpc) is 3.29. The van der Waals surface area contributed by atoms with Crippen molar-refractivity contribution in [3.63, 3.8) is 0 Å². The Morgan fingerprint density at radius 3 is 2.81 bits per heavy atom. The SMILES string of the molecule is Cc1ccc(N2CC(c3noc(-c4cccc(C#N)c4)n3)CC2=O)cc1. The molecule has 1 saturated heterocycles. The van der Waals surface area contributed by atoms with E-state index in [2.05, 4.69) is 16.2 Å². The number of nitriles is 1. The van der Waals surface area contributed by atoms with E-state index in [1.165, 1.54) is 0 Å². The number of amides is 1. The van der Waals surface area contributed by atoms with Gasteiger partial charge >= 0.3 is 0 Å². The van der Waals surface area contributed by atoms with Gasteiger partial charge in [0.15, 0.2) is 5.82 Å². The van der Waals surface area contributed by atoms with Gasteiger partial charge in [0.1, 0.15) is 0 Å². The molecule has 3 aromatic rings. The largest absolute Gasteiger partial charge is 0.334 e. The highest BCUT2D eigenvalue weighted by molar-refractivity contribution is 5.96. The molecular formula is C20H16N4O2. The number of aromatic nitrogens is 2. The van der Waals surface area contributed by atoms with Gasteiger partial charge in [0.05, 0.1) is 11.6 Å². The van der Waals surface area contributed by atoms with E-state index in [1.807, 2.05) is 37.3 Å². The first-order chi connectivity index (χ1) is 12.6. The molecule has 6 heteroatoms. The molecule has 128 valence electrons. The monoisotopic (exact) mass is 344 g/mol. The lowest BCUT2D eigenvalue weighted by Crippen LogP contribution is -2.24. The molecule has 1 unspecified atom stereocenters. The van der Waals surface area contributed by atoms with Crippen LogP contribution in [0.5, 0.6) is 0 Å². The third-order valence-electron chi connectivity index (χ3n) is 4.52. The fourth-order valence-corrected chi connectivity index (χ4v) is 3.09. The molecule has 1 aliphatic heterocycles. The molecule has 0 aliphatic carbocycles. The zero-order valence-corrected chi connectivity index (χ0v) is 14.2. The maximum absolute atomic E-state index is 12.4. The predicted molar refractivity (Wildman–Crippen MR) is 95.3 cm³/mol. The van der Waals surface area contributed by atoms with Crippen LogP contribution in [0, 0.1) is 18.3 Å². The number of rotatable bonds is 3. The number of aryl methyl sites for hydroxylation is 1. The Morgan fingerprint density at radius 1 is 1.23 bits per heavy atom. The lowest BCUT2D eigenvalue weighted by Gasteiger charge is -2.16. The minimum absolute atomic E-state index is 0.0525. The van der Waals surface area contributed by atoms with E-state index in [9.17, 15) is 4.79 Å². The molecule has 1 amide bonds. The maximum atomic E-state index is 12.4. The van der Waals surface area contributed by atoms with Gasteiger partial charge in [0, 0.05) is 30.1 Å². The molecule has 0 N–H and O–H groups in total. The zero-order valence-electron chi connectivity index (χ0n) is 14.2. The van der Waals surface area contributed by atoms with Crippen molar-refractivity contribution < 1.29 is 9.32 Å². The summed E-state index contributed by atoms with van der Waals surface area (Å²) in [6.07, 6.45) is 0.352. The van der Waals surface area contributed by atoms with Gasteiger partial charge in [0.2, 0.25) is 5.91 Å². The normalized spacial score (nSPS) is 16.7. The van der Waals surface area contributed by atoms with Crippen LogP contribution < -0.4 is 4.90 Å². The summed E-state index contributed by atoms with van der Waals surface area (Å²) >= 11 is 0. The fourth-order valence-electron chi connectivity index (χ4n) is 3.09. The predicted octanol–water partition coefficient (Wildman–Crippen LogP) is 3.44. The lowest BCUT2D eigenvalue weighted by atomic mass is 10.1. The van der Waals surface area contributed by atoms with Crippen LogP contribution in [0.3, 0.4) is 0 Å². The van der Waals surface area contributed by atoms with E-state index >= 15 is 0 Å². The first-order valence-electron chi connectivity index (χ1n) is 8.35. The third kappa shape index (κ3) is 2.95. The number of anilines is 1. The standard InChI is InChI=1S/C20H16N4O2/c1-13-5-7-17(8-6-13)24-12-16(10-18(24)25)19-22-20(26-23-19)15-4-2-3-14(9-15)11-21/h2-9,16H,10,12H2,1H3. The Bertz CT molecular complexity index is 1000. The minimum atomic E-state index is -0.111. The van der Waals surface area contributed by atoms with E-state index in [0.29, 0.717) is 35.8 Å². The maximum Gasteiger partial charge on any atom is 0.257 e. The lowest BCUT2D eigenvalue weighted by molar-refractivity contribution is -0.117. The summed E-state index contributed by atoms with van der Waals surface area (Å²) in [4.78, 5) is 18.6. The summed E-state index contributed by atoms with van der Waals surface area (Å²) < 4.78 is 5.35. The van der Waals surface area contributed by atoms with Crippen molar-refractivity contribution in [2.45, 2.75) is 19.3 Å². The highest BCUT2D eigenvalue weighted by Crippen LogP contribution is 2.31. The Labute approximate surface area is 150 Å². The molecule has 1 fully saturated rings. The van der Waals surface area contributed by atoms with Crippen molar-refractivity contribution in [2.75, 3.05) is 11.4 Å². The van der Waals surface area contributed by atoms with Crippen LogP contribution in [0.25, 0.3) is 11.5 Å². The van der Waals surface area contributed by atoms with E-state index < -0.39 is 0 Å². The van der Waals surface area contributed by atoms with Gasteiger partial charge in [-0.25, -0.2) is 0 Å². The molecule has 2 heterocycles. The van der Waals surface area contributed by atoms with Crippen molar-refractivity contribution in [1.82, 2.24) is 10.1 Å². The van der Waals surface area contributed by atoms with Crippen molar-refractivity contribution in [1.29, 1.82) is 5.26 Å². The molecule has 1 aliphatic rings. The van der Waals surface area contributed by atoms with Crippen LogP contribution in [0.4, 0.5) is 5.69 Å². The smallest absolute Gasteiger partial charge is 0.257 e. The van der Waals surface area contributed by atoms with Gasteiger partial charge < -0.3 is 9.42 Å². The van der Waals surface area contributed by atoms with E-state index in [1.54, 1.807) is 23.1 Å². The summed E-state index contributed by atoms with van der Waals surface area (Å²) in [7, 11) is 0. The third-order valence-corrected chi connectivity index (χ3v) is 4.52. The Kier molecular flexibility index (Phi) is 3.98. The molecule has 0 radical (unpaired) electrons. The molecule has 0 spiro atoms. The summed E-state index contributed by atoms with van der Waals surface area (Å²) in [5, 5.41) is 13.1. The Balaban J connectivity index is 1.56. The second-order valence-corrected chi connectivity index (χ2v) is 6.39. The second-order valence-electron chi connectivity index (χ2n) is 6.39. The highest BCUT2D eigenvalue weighted by atomic mass is 16.5. The van der Waals surface area contributed by atoms with Gasteiger partial charge in [-0.2, -0.15) is 10.2 Å².